The molecule has 2 aliphatic carbocycles. The number of aliphatic carboxylic acids is 1. The van der Waals surface area contributed by atoms with Gasteiger partial charge in [0.15, 0.2) is 5.76 Å². The van der Waals surface area contributed by atoms with E-state index in [4.69, 9.17) is 18.7 Å². The molecule has 0 amide bonds. The number of carboxylic acids is 1. The van der Waals surface area contributed by atoms with Gasteiger partial charge in [0.1, 0.15) is 24.2 Å². The molecule has 1 N–H and O–H groups in total. The maximum absolute atomic E-state index is 12.1. The molecule has 0 spiro atoms. The van der Waals surface area contributed by atoms with Crippen molar-refractivity contribution in [2.45, 2.75) is 32.5 Å². The van der Waals surface area contributed by atoms with Crippen LogP contribution in [0, 0.1) is 34.8 Å². The lowest BCUT2D eigenvalue weighted by Crippen LogP contribution is -2.20. The summed E-state index contributed by atoms with van der Waals surface area (Å²) >= 11 is 0. The van der Waals surface area contributed by atoms with Gasteiger partial charge in [-0.1, -0.05) is 5.16 Å². The minimum absolute atomic E-state index is 0.0774. The summed E-state index contributed by atoms with van der Waals surface area (Å²) in [6.07, 6.45) is 0.645. The normalized spacial score (nSPS) is 21.9. The molecule has 4 unspecified atom stereocenters. The number of nitrogens with zero attached hydrogens (tertiary/aromatic N) is 2. The van der Waals surface area contributed by atoms with Gasteiger partial charge in [0.05, 0.1) is 22.1 Å². The van der Waals surface area contributed by atoms with E-state index in [0.29, 0.717) is 28.3 Å². The van der Waals surface area contributed by atoms with Crippen LogP contribution in [0.4, 0.5) is 10.5 Å². The molecule has 2 aliphatic rings. The largest absolute Gasteiger partial charge is 0.514 e. The van der Waals surface area contributed by atoms with Gasteiger partial charge >= 0.3 is 12.1 Å². The highest BCUT2D eigenvalue weighted by molar-refractivity contribution is 5.75. The summed E-state index contributed by atoms with van der Waals surface area (Å²) in [5.74, 6) is 0.429. The van der Waals surface area contributed by atoms with Crippen molar-refractivity contribution >= 4 is 17.8 Å². The number of rotatable bonds is 8. The number of hydrogen-bond acceptors (Lipinski definition) is 9. The summed E-state index contributed by atoms with van der Waals surface area (Å²) in [6, 6.07) is 12.2. The number of ether oxygens (including phenoxy) is 3. The monoisotopic (exact) mass is 494 g/mol. The second-order valence-electron chi connectivity index (χ2n) is 8.83. The van der Waals surface area contributed by atoms with Gasteiger partial charge in [0.25, 0.3) is 5.69 Å². The first-order chi connectivity index (χ1) is 17.3. The first kappa shape index (κ1) is 23.3. The highest BCUT2D eigenvalue weighted by atomic mass is 16.7. The lowest BCUT2D eigenvalue weighted by molar-refractivity contribution is -0.384. The predicted molar refractivity (Wildman–Crippen MR) is 122 cm³/mol. The molecular weight excluding hydrogens is 472 g/mol. The molecule has 1 aromatic heterocycles. The number of aromatic nitrogens is 1. The summed E-state index contributed by atoms with van der Waals surface area (Å²) in [7, 11) is 0. The Hall–Kier alpha value is -4.41. The molecule has 0 aliphatic heterocycles. The van der Waals surface area contributed by atoms with Gasteiger partial charge < -0.3 is 23.8 Å². The van der Waals surface area contributed by atoms with Crippen molar-refractivity contribution in [2.24, 2.45) is 17.8 Å². The molecule has 11 heteroatoms. The maximum atomic E-state index is 12.1. The second-order valence-corrected chi connectivity index (χ2v) is 8.83. The van der Waals surface area contributed by atoms with Crippen molar-refractivity contribution in [2.75, 3.05) is 0 Å². The fourth-order valence-corrected chi connectivity index (χ4v) is 4.85. The Morgan fingerprint density at radius 1 is 1.11 bits per heavy atom. The van der Waals surface area contributed by atoms with Crippen molar-refractivity contribution in [1.29, 1.82) is 0 Å². The zero-order valence-corrected chi connectivity index (χ0v) is 19.2. The lowest BCUT2D eigenvalue weighted by atomic mass is 10.1. The van der Waals surface area contributed by atoms with Crippen LogP contribution < -0.4 is 9.47 Å². The Kier molecular flexibility index (Phi) is 6.05. The second kappa shape index (κ2) is 9.33. The Balaban J connectivity index is 1.20. The van der Waals surface area contributed by atoms with E-state index in [2.05, 4.69) is 5.16 Å². The number of fused-ring (bicyclic) bond motifs is 1. The number of non-ortho nitro benzene ring substituents is 1. The Labute approximate surface area is 204 Å². The van der Waals surface area contributed by atoms with Crippen LogP contribution in [0.3, 0.4) is 0 Å². The van der Waals surface area contributed by atoms with Crippen LogP contribution in [0.15, 0.2) is 53.1 Å². The highest BCUT2D eigenvalue weighted by Crippen LogP contribution is 2.58. The number of carboxylic acid groups (broad SMARTS) is 1. The van der Waals surface area contributed by atoms with Crippen molar-refractivity contribution in [3.63, 3.8) is 0 Å². The molecule has 0 radical (unpaired) electrons. The molecule has 0 saturated heterocycles. The lowest BCUT2D eigenvalue weighted by Gasteiger charge is -2.16. The zero-order chi connectivity index (χ0) is 25.4. The molecule has 3 aromatic rings. The van der Waals surface area contributed by atoms with Crippen LogP contribution in [0.25, 0.3) is 11.3 Å². The van der Waals surface area contributed by atoms with Crippen LogP contribution in [-0.2, 0) is 16.1 Å². The van der Waals surface area contributed by atoms with E-state index in [-0.39, 0.29) is 41.9 Å². The maximum Gasteiger partial charge on any atom is 0.514 e. The number of nitro groups is 1. The molecule has 186 valence electrons. The molecule has 36 heavy (non-hydrogen) atoms. The number of carbonyl (C=O) groups excluding carboxylic acids is 1. The van der Waals surface area contributed by atoms with E-state index in [1.54, 1.807) is 31.2 Å². The Morgan fingerprint density at radius 2 is 1.81 bits per heavy atom. The van der Waals surface area contributed by atoms with Crippen molar-refractivity contribution in [3.05, 3.63) is 69.9 Å². The first-order valence-corrected chi connectivity index (χ1v) is 11.4. The SMILES string of the molecule is Cc1noc(-c2ccc(OC3CCC4C(C(=O)O)C34)cc2)c1COC(=O)Oc1ccc([N+](=O)[O-])cc1. The molecular formula is C25H22N2O9. The molecule has 2 aromatic carbocycles. The van der Waals surface area contributed by atoms with Crippen LogP contribution >= 0.6 is 0 Å². The number of carbonyl (C=O) groups is 2. The van der Waals surface area contributed by atoms with E-state index >= 15 is 0 Å². The number of hydrogen-bond donors (Lipinski definition) is 1. The molecule has 1 heterocycles. The molecule has 2 saturated carbocycles. The molecule has 2 fully saturated rings. The number of nitro benzene ring substituents is 1. The third kappa shape index (κ3) is 4.59. The summed E-state index contributed by atoms with van der Waals surface area (Å²) in [5, 5.41) is 24.0. The standard InChI is InChI=1S/C25H22N2O9/c1-13-19(12-33-25(30)35-17-8-4-15(5-9-17)27(31)32)23(36-26-13)14-2-6-16(7-3-14)34-20-11-10-18-21(20)22(18)24(28)29/h2-9,18,20-22H,10-12H2,1H3,(H,28,29). The molecule has 11 nitrogen and oxygen atoms in total. The zero-order valence-electron chi connectivity index (χ0n) is 19.2. The van der Waals surface area contributed by atoms with Gasteiger partial charge in [-0.05, 0) is 62.1 Å². The fourth-order valence-electron chi connectivity index (χ4n) is 4.85. The molecule has 4 atom stereocenters. The van der Waals surface area contributed by atoms with Crippen LogP contribution in [0.2, 0.25) is 0 Å². The summed E-state index contributed by atoms with van der Waals surface area (Å²) in [6.45, 7) is 1.56. The average Bonchev–Trinajstić information content (AvgIpc) is 3.28. The van der Waals surface area contributed by atoms with Crippen LogP contribution in [0.1, 0.15) is 24.1 Å². The van der Waals surface area contributed by atoms with Gasteiger partial charge in [-0.2, -0.15) is 0 Å². The third-order valence-electron chi connectivity index (χ3n) is 6.70. The van der Waals surface area contributed by atoms with E-state index in [0.717, 1.165) is 12.8 Å². The quantitative estimate of drug-likeness (QED) is 0.201. The number of aryl methyl sites for hydroxylation is 1. The van der Waals surface area contributed by atoms with Gasteiger partial charge in [-0.3, -0.25) is 14.9 Å². The van der Waals surface area contributed by atoms with Gasteiger partial charge in [-0.25, -0.2) is 4.79 Å². The van der Waals surface area contributed by atoms with Crippen LogP contribution in [0.5, 0.6) is 11.5 Å². The first-order valence-electron chi connectivity index (χ1n) is 11.4. The predicted octanol–water partition coefficient (Wildman–Crippen LogP) is 4.76. The van der Waals surface area contributed by atoms with E-state index < -0.39 is 17.0 Å². The van der Waals surface area contributed by atoms with Gasteiger partial charge in [0.2, 0.25) is 0 Å². The molecule has 5 rings (SSSR count). The van der Waals surface area contributed by atoms with Gasteiger partial charge in [-0.15, -0.1) is 0 Å². The van der Waals surface area contributed by atoms with Crippen molar-refractivity contribution in [3.8, 4) is 22.8 Å². The van der Waals surface area contributed by atoms with Crippen molar-refractivity contribution in [1.82, 2.24) is 5.16 Å². The van der Waals surface area contributed by atoms with E-state index in [9.17, 15) is 24.8 Å². The van der Waals surface area contributed by atoms with Crippen LogP contribution in [-0.4, -0.2) is 33.4 Å². The number of benzene rings is 2. The fraction of sp³-hybridized carbons (Fsp3) is 0.320. The minimum Gasteiger partial charge on any atom is -0.490 e. The highest BCUT2D eigenvalue weighted by Gasteiger charge is 2.62. The van der Waals surface area contributed by atoms with E-state index in [1.165, 1.54) is 24.3 Å². The Bertz CT molecular complexity index is 1300. The summed E-state index contributed by atoms with van der Waals surface area (Å²) < 4.78 is 21.8. The minimum atomic E-state index is -0.978. The van der Waals surface area contributed by atoms with Gasteiger partial charge in [0, 0.05) is 23.6 Å². The summed E-state index contributed by atoms with van der Waals surface area (Å²) in [4.78, 5) is 33.6. The molecule has 0 bridgehead atoms. The Morgan fingerprint density at radius 3 is 2.44 bits per heavy atom. The topological polar surface area (TPSA) is 151 Å². The van der Waals surface area contributed by atoms with E-state index in [1.807, 2.05) is 0 Å². The average molecular weight is 494 g/mol. The summed E-state index contributed by atoms with van der Waals surface area (Å²) in [5.41, 5.74) is 1.68. The van der Waals surface area contributed by atoms with Crippen molar-refractivity contribution < 1.29 is 38.4 Å². The smallest absolute Gasteiger partial charge is 0.490 e. The third-order valence-corrected chi connectivity index (χ3v) is 6.70.